The summed E-state index contributed by atoms with van der Waals surface area (Å²) < 4.78 is 0. The van der Waals surface area contributed by atoms with E-state index in [4.69, 9.17) is 0 Å². The van der Waals surface area contributed by atoms with Crippen LogP contribution in [0.2, 0.25) is 0 Å². The van der Waals surface area contributed by atoms with Gasteiger partial charge in [0.2, 0.25) is 0 Å². The molecule has 5 aliphatic rings. The highest BCUT2D eigenvalue weighted by atomic mass is 16.2. The third-order valence-electron chi connectivity index (χ3n) is 6.19. The number of aryl methyl sites for hydroxylation is 1. The Morgan fingerprint density at radius 2 is 1.54 bits per heavy atom. The number of rotatable bonds is 2. The van der Waals surface area contributed by atoms with Crippen LogP contribution in [0, 0.1) is 42.4 Å². The van der Waals surface area contributed by atoms with Crippen LogP contribution < -0.4 is 5.43 Å². The fourth-order valence-corrected chi connectivity index (χ4v) is 4.94. The summed E-state index contributed by atoms with van der Waals surface area (Å²) in [5.74, 6) is -0.00257. The number of hydrogen-bond acceptors (Lipinski definition) is 3. The topological polar surface area (TPSA) is 66.5 Å². The number of imide groups is 1. The Kier molecular flexibility index (Phi) is 2.65. The largest absolute Gasteiger partial charge is 0.272 e. The zero-order chi connectivity index (χ0) is 16.6. The molecule has 6 rings (SSSR count). The number of allylic oxidation sites excluding steroid dienone is 2. The second-order valence-corrected chi connectivity index (χ2v) is 7.47. The summed E-state index contributed by atoms with van der Waals surface area (Å²) >= 11 is 0. The fraction of sp³-hybridized carbons (Fsp3) is 0.421. The molecule has 1 aromatic rings. The van der Waals surface area contributed by atoms with Crippen molar-refractivity contribution in [1.29, 1.82) is 0 Å². The summed E-state index contributed by atoms with van der Waals surface area (Å²) in [6, 6.07) is 7.06. The van der Waals surface area contributed by atoms with Crippen LogP contribution in [-0.2, 0) is 9.59 Å². The molecule has 5 heteroatoms. The van der Waals surface area contributed by atoms with E-state index in [0.29, 0.717) is 17.4 Å². The number of nitrogens with zero attached hydrogens (tertiary/aromatic N) is 1. The van der Waals surface area contributed by atoms with Crippen molar-refractivity contribution in [2.75, 3.05) is 0 Å². The van der Waals surface area contributed by atoms with Gasteiger partial charge in [0.15, 0.2) is 0 Å². The van der Waals surface area contributed by atoms with Gasteiger partial charge in [-0.25, -0.2) is 0 Å². The first-order valence-electron chi connectivity index (χ1n) is 8.50. The van der Waals surface area contributed by atoms with E-state index in [1.54, 1.807) is 12.1 Å². The van der Waals surface area contributed by atoms with E-state index in [0.717, 1.165) is 17.0 Å². The standard InChI is InChI=1S/C19H18N2O3/c1-9-2-4-10(5-3-9)17(22)20-21-18(23)15-11-6-7-12(14-8-13(11)14)16(15)19(21)24/h2-7,11-16H,8H2,1H3,(H,20,22)/t11?,12?,13?,14?,15-,16+. The lowest BCUT2D eigenvalue weighted by Crippen LogP contribution is -2.46. The molecule has 1 saturated heterocycles. The smallest absolute Gasteiger partial charge is 0.270 e. The molecule has 1 N–H and O–H groups in total. The van der Waals surface area contributed by atoms with Crippen LogP contribution in [0.25, 0.3) is 0 Å². The number of amides is 3. The van der Waals surface area contributed by atoms with E-state index in [2.05, 4.69) is 17.6 Å². The second-order valence-electron chi connectivity index (χ2n) is 7.47. The van der Waals surface area contributed by atoms with Gasteiger partial charge in [-0.1, -0.05) is 29.8 Å². The molecule has 1 aliphatic heterocycles. The van der Waals surface area contributed by atoms with E-state index in [1.807, 2.05) is 19.1 Å². The zero-order valence-corrected chi connectivity index (χ0v) is 13.3. The van der Waals surface area contributed by atoms with Gasteiger partial charge in [-0.15, -0.1) is 0 Å². The van der Waals surface area contributed by atoms with Crippen molar-refractivity contribution < 1.29 is 14.4 Å². The molecule has 1 aromatic carbocycles. The number of nitrogens with one attached hydrogen (secondary N) is 1. The summed E-state index contributed by atoms with van der Waals surface area (Å²) in [7, 11) is 0. The number of carbonyl (C=O) groups excluding carboxylic acids is 3. The normalized spacial score (nSPS) is 38.1. The Balaban J connectivity index is 1.40. The van der Waals surface area contributed by atoms with Gasteiger partial charge in [-0.05, 0) is 49.1 Å². The van der Waals surface area contributed by atoms with Crippen molar-refractivity contribution in [3.63, 3.8) is 0 Å². The molecule has 4 aliphatic carbocycles. The predicted molar refractivity (Wildman–Crippen MR) is 85.2 cm³/mol. The Morgan fingerprint density at radius 1 is 1.00 bits per heavy atom. The van der Waals surface area contributed by atoms with Crippen LogP contribution in [-0.4, -0.2) is 22.7 Å². The maximum atomic E-state index is 12.8. The minimum absolute atomic E-state index is 0.169. The minimum atomic E-state index is -0.416. The molecule has 5 nitrogen and oxygen atoms in total. The molecule has 6 atom stereocenters. The predicted octanol–water partition coefficient (Wildman–Crippen LogP) is 1.69. The van der Waals surface area contributed by atoms with Crippen molar-refractivity contribution in [2.24, 2.45) is 35.5 Å². The van der Waals surface area contributed by atoms with Gasteiger partial charge < -0.3 is 0 Å². The van der Waals surface area contributed by atoms with Crippen molar-refractivity contribution in [2.45, 2.75) is 13.3 Å². The average Bonchev–Trinajstić information content (AvgIpc) is 3.36. The molecule has 2 bridgehead atoms. The van der Waals surface area contributed by atoms with Crippen LogP contribution in [0.15, 0.2) is 36.4 Å². The Bertz CT molecular complexity index is 761. The molecule has 24 heavy (non-hydrogen) atoms. The van der Waals surface area contributed by atoms with Crippen LogP contribution in [0.1, 0.15) is 22.3 Å². The number of hydrogen-bond donors (Lipinski definition) is 1. The molecule has 4 unspecified atom stereocenters. The Morgan fingerprint density at radius 3 is 2.08 bits per heavy atom. The van der Waals surface area contributed by atoms with Gasteiger partial charge in [0, 0.05) is 5.56 Å². The van der Waals surface area contributed by atoms with Gasteiger partial charge in [-0.3, -0.25) is 19.8 Å². The maximum Gasteiger partial charge on any atom is 0.270 e. The van der Waals surface area contributed by atoms with E-state index in [9.17, 15) is 14.4 Å². The number of benzene rings is 1. The number of carbonyl (C=O) groups is 3. The van der Waals surface area contributed by atoms with Gasteiger partial charge in [0.25, 0.3) is 17.7 Å². The quantitative estimate of drug-likeness (QED) is 0.666. The molecular formula is C19H18N2O3. The molecule has 2 saturated carbocycles. The summed E-state index contributed by atoms with van der Waals surface area (Å²) in [5.41, 5.74) is 4.03. The van der Waals surface area contributed by atoms with Gasteiger partial charge in [0.1, 0.15) is 0 Å². The van der Waals surface area contributed by atoms with Crippen LogP contribution in [0.4, 0.5) is 0 Å². The first kappa shape index (κ1) is 14.0. The summed E-state index contributed by atoms with van der Waals surface area (Å²) in [6.07, 6.45) is 5.37. The van der Waals surface area contributed by atoms with Gasteiger partial charge in [0.05, 0.1) is 11.8 Å². The first-order chi connectivity index (χ1) is 11.6. The zero-order valence-electron chi connectivity index (χ0n) is 13.3. The fourth-order valence-electron chi connectivity index (χ4n) is 4.94. The summed E-state index contributed by atoms with van der Waals surface area (Å²) in [6.45, 7) is 1.94. The molecule has 0 radical (unpaired) electrons. The molecule has 0 spiro atoms. The Hall–Kier alpha value is -2.43. The van der Waals surface area contributed by atoms with Crippen molar-refractivity contribution in [3.05, 3.63) is 47.5 Å². The van der Waals surface area contributed by atoms with Gasteiger partial charge >= 0.3 is 0 Å². The van der Waals surface area contributed by atoms with Crippen LogP contribution in [0.3, 0.4) is 0 Å². The molecule has 3 fully saturated rings. The lowest BCUT2D eigenvalue weighted by Gasteiger charge is -2.37. The third kappa shape index (κ3) is 1.72. The summed E-state index contributed by atoms with van der Waals surface area (Å²) in [4.78, 5) is 38.0. The van der Waals surface area contributed by atoms with Gasteiger partial charge in [-0.2, -0.15) is 5.01 Å². The summed E-state index contributed by atoms with van der Waals surface area (Å²) in [5, 5.41) is 0.981. The van der Waals surface area contributed by atoms with E-state index in [1.165, 1.54) is 0 Å². The Labute approximate surface area is 139 Å². The monoisotopic (exact) mass is 322 g/mol. The molecule has 122 valence electrons. The van der Waals surface area contributed by atoms with Crippen molar-refractivity contribution >= 4 is 17.7 Å². The highest BCUT2D eigenvalue weighted by Gasteiger charge is 2.67. The molecular weight excluding hydrogens is 304 g/mol. The average molecular weight is 322 g/mol. The first-order valence-corrected chi connectivity index (χ1v) is 8.50. The second kappa shape index (κ2) is 4.56. The third-order valence-corrected chi connectivity index (χ3v) is 6.19. The van der Waals surface area contributed by atoms with Crippen LogP contribution in [0.5, 0.6) is 0 Å². The van der Waals surface area contributed by atoms with E-state index in [-0.39, 0.29) is 35.5 Å². The van der Waals surface area contributed by atoms with E-state index < -0.39 is 5.91 Å². The maximum absolute atomic E-state index is 12.8. The lowest BCUT2D eigenvalue weighted by molar-refractivity contribution is -0.143. The molecule has 0 aromatic heterocycles. The van der Waals surface area contributed by atoms with Crippen molar-refractivity contribution in [1.82, 2.24) is 10.4 Å². The highest BCUT2D eigenvalue weighted by molar-refractivity contribution is 6.08. The number of hydrazine groups is 1. The molecule has 1 heterocycles. The minimum Gasteiger partial charge on any atom is -0.272 e. The van der Waals surface area contributed by atoms with E-state index >= 15 is 0 Å². The van der Waals surface area contributed by atoms with Crippen molar-refractivity contribution in [3.8, 4) is 0 Å². The highest BCUT2D eigenvalue weighted by Crippen LogP contribution is 2.65. The SMILES string of the molecule is Cc1ccc(C(=O)NN2C(=O)[C@@H]3C4C=CC(C5CC54)[C@@H]3C2=O)cc1. The lowest BCUT2D eigenvalue weighted by atomic mass is 9.63. The molecule has 3 amide bonds. The van der Waals surface area contributed by atoms with Crippen LogP contribution >= 0.6 is 0 Å².